The van der Waals surface area contributed by atoms with E-state index in [4.69, 9.17) is 21.1 Å². The Morgan fingerprint density at radius 3 is 2.50 bits per heavy atom. The molecule has 0 radical (unpaired) electrons. The van der Waals surface area contributed by atoms with Gasteiger partial charge in [0.25, 0.3) is 5.91 Å². The molecule has 0 atom stereocenters. The van der Waals surface area contributed by atoms with E-state index in [-0.39, 0.29) is 28.1 Å². The van der Waals surface area contributed by atoms with Gasteiger partial charge < -0.3 is 19.8 Å². The topological polar surface area (TPSA) is 97.5 Å². The van der Waals surface area contributed by atoms with Gasteiger partial charge in [-0.15, -0.1) is 0 Å². The first-order valence-corrected chi connectivity index (χ1v) is 8.80. The third-order valence-corrected chi connectivity index (χ3v) is 4.04. The van der Waals surface area contributed by atoms with Crippen molar-refractivity contribution in [3.05, 3.63) is 51.6 Å². The highest BCUT2D eigenvalue weighted by atomic mass is 35.5. The van der Waals surface area contributed by atoms with Gasteiger partial charge in [0.1, 0.15) is 11.5 Å². The van der Waals surface area contributed by atoms with Crippen molar-refractivity contribution in [2.45, 2.75) is 33.8 Å². The van der Waals surface area contributed by atoms with Gasteiger partial charge in [-0.25, -0.2) is 14.0 Å². The number of carbonyl (C=O) groups excluding carboxylic acids is 3. The molecule has 0 spiro atoms. The number of aryl methyl sites for hydroxylation is 1. The molecule has 2 rings (SSSR count). The van der Waals surface area contributed by atoms with E-state index >= 15 is 0 Å². The summed E-state index contributed by atoms with van der Waals surface area (Å²) in [5.74, 6) is -2.55. The minimum atomic E-state index is -0.801. The first-order valence-electron chi connectivity index (χ1n) is 8.42. The molecule has 2 N–H and O–H groups in total. The van der Waals surface area contributed by atoms with Gasteiger partial charge in [0, 0.05) is 5.69 Å². The summed E-state index contributed by atoms with van der Waals surface area (Å²) in [6.07, 6.45) is -0.307. The molecule has 0 aliphatic heterocycles. The molecule has 1 heterocycles. The van der Waals surface area contributed by atoms with Crippen LogP contribution in [0, 0.1) is 19.7 Å². The van der Waals surface area contributed by atoms with Crippen LogP contribution < -0.4 is 5.32 Å². The van der Waals surface area contributed by atoms with Gasteiger partial charge in [0.05, 0.1) is 22.4 Å². The Balaban J connectivity index is 2.03. The van der Waals surface area contributed by atoms with Crippen molar-refractivity contribution in [1.29, 1.82) is 0 Å². The molecule has 0 aliphatic carbocycles. The zero-order valence-electron chi connectivity index (χ0n) is 15.8. The Labute approximate surface area is 166 Å². The molecule has 0 saturated carbocycles. The second kappa shape index (κ2) is 8.88. The number of halogens is 2. The molecule has 0 fully saturated rings. The lowest BCUT2D eigenvalue weighted by Crippen LogP contribution is -2.21. The van der Waals surface area contributed by atoms with E-state index in [1.165, 1.54) is 6.07 Å². The number of rotatable bonds is 6. The number of amides is 1. The molecule has 150 valence electrons. The average Bonchev–Trinajstić information content (AvgIpc) is 2.89. The standard InChI is InChI=1S/C19H20ClFN2O5/c1-9(2)28-18(25)16-10(3)17(22-11(16)4)19(26)27-8-15(24)23-14-6-5-12(21)7-13(14)20/h5-7,9,22H,8H2,1-4H3,(H,23,24). The molecule has 2 aromatic rings. The van der Waals surface area contributed by atoms with E-state index in [0.717, 1.165) is 12.1 Å². The summed E-state index contributed by atoms with van der Waals surface area (Å²) in [5, 5.41) is 2.43. The molecular formula is C19H20ClFN2O5. The van der Waals surface area contributed by atoms with Crippen molar-refractivity contribution in [2.24, 2.45) is 0 Å². The Kier molecular flexibility index (Phi) is 6.80. The van der Waals surface area contributed by atoms with Crippen LogP contribution in [-0.4, -0.2) is 35.5 Å². The average molecular weight is 411 g/mol. The number of anilines is 1. The number of carbonyl (C=O) groups is 3. The number of hydrogen-bond donors (Lipinski definition) is 2. The lowest BCUT2D eigenvalue weighted by atomic mass is 10.1. The van der Waals surface area contributed by atoms with Crippen LogP contribution in [0.25, 0.3) is 0 Å². The predicted molar refractivity (Wildman–Crippen MR) is 101 cm³/mol. The quantitative estimate of drug-likeness (QED) is 0.706. The summed E-state index contributed by atoms with van der Waals surface area (Å²) in [7, 11) is 0. The molecule has 7 nitrogen and oxygen atoms in total. The summed E-state index contributed by atoms with van der Waals surface area (Å²) in [4.78, 5) is 39.2. The van der Waals surface area contributed by atoms with Crippen LogP contribution in [0.3, 0.4) is 0 Å². The molecule has 9 heteroatoms. The summed E-state index contributed by atoms with van der Waals surface area (Å²) in [6.45, 7) is 6.06. The van der Waals surface area contributed by atoms with Crippen LogP contribution in [0.4, 0.5) is 10.1 Å². The van der Waals surface area contributed by atoms with Gasteiger partial charge in [0.2, 0.25) is 0 Å². The van der Waals surface area contributed by atoms with Crippen LogP contribution in [0.15, 0.2) is 18.2 Å². The molecular weight excluding hydrogens is 391 g/mol. The fourth-order valence-electron chi connectivity index (χ4n) is 2.51. The maximum atomic E-state index is 13.0. The Hall–Kier alpha value is -2.87. The molecule has 28 heavy (non-hydrogen) atoms. The maximum absolute atomic E-state index is 13.0. The Bertz CT molecular complexity index is 923. The second-order valence-electron chi connectivity index (χ2n) is 6.33. The molecule has 1 aromatic heterocycles. The van der Waals surface area contributed by atoms with Crippen molar-refractivity contribution in [1.82, 2.24) is 4.98 Å². The molecule has 0 aliphatic rings. The van der Waals surface area contributed by atoms with Crippen molar-refractivity contribution < 1.29 is 28.2 Å². The van der Waals surface area contributed by atoms with Crippen LogP contribution in [0.5, 0.6) is 0 Å². The van der Waals surface area contributed by atoms with Gasteiger partial charge in [-0.3, -0.25) is 4.79 Å². The van der Waals surface area contributed by atoms with Crippen LogP contribution in [0.1, 0.15) is 46.0 Å². The van der Waals surface area contributed by atoms with Crippen LogP contribution in [0.2, 0.25) is 5.02 Å². The SMILES string of the molecule is Cc1[nH]c(C(=O)OCC(=O)Nc2ccc(F)cc2Cl)c(C)c1C(=O)OC(C)C. The second-order valence-corrected chi connectivity index (χ2v) is 6.73. The highest BCUT2D eigenvalue weighted by molar-refractivity contribution is 6.33. The number of hydrogen-bond acceptors (Lipinski definition) is 5. The molecule has 0 bridgehead atoms. The number of ether oxygens (including phenoxy) is 2. The van der Waals surface area contributed by atoms with Gasteiger partial charge in [-0.05, 0) is 51.5 Å². The largest absolute Gasteiger partial charge is 0.459 e. The number of aromatic amines is 1. The van der Waals surface area contributed by atoms with Crippen molar-refractivity contribution in [3.63, 3.8) is 0 Å². The lowest BCUT2D eigenvalue weighted by Gasteiger charge is -2.09. The van der Waals surface area contributed by atoms with Crippen molar-refractivity contribution in [2.75, 3.05) is 11.9 Å². The lowest BCUT2D eigenvalue weighted by molar-refractivity contribution is -0.119. The zero-order chi connectivity index (χ0) is 21.0. The summed E-state index contributed by atoms with van der Waals surface area (Å²) in [6, 6.07) is 3.48. The number of esters is 2. The Morgan fingerprint density at radius 1 is 1.21 bits per heavy atom. The maximum Gasteiger partial charge on any atom is 0.355 e. The molecule has 1 aromatic carbocycles. The van der Waals surface area contributed by atoms with Gasteiger partial charge in [-0.2, -0.15) is 0 Å². The summed E-state index contributed by atoms with van der Waals surface area (Å²) >= 11 is 5.83. The monoisotopic (exact) mass is 410 g/mol. The summed E-state index contributed by atoms with van der Waals surface area (Å²) in [5.41, 5.74) is 1.33. The van der Waals surface area contributed by atoms with Crippen molar-refractivity contribution >= 4 is 35.1 Å². The molecule has 1 amide bonds. The Morgan fingerprint density at radius 2 is 1.89 bits per heavy atom. The van der Waals surface area contributed by atoms with Gasteiger partial charge >= 0.3 is 11.9 Å². The highest BCUT2D eigenvalue weighted by Crippen LogP contribution is 2.23. The number of nitrogens with one attached hydrogen (secondary N) is 2. The van der Waals surface area contributed by atoms with E-state index in [0.29, 0.717) is 11.3 Å². The fraction of sp³-hybridized carbons (Fsp3) is 0.316. The minimum Gasteiger partial charge on any atom is -0.459 e. The smallest absolute Gasteiger partial charge is 0.355 e. The van der Waals surface area contributed by atoms with Crippen LogP contribution in [-0.2, 0) is 14.3 Å². The van der Waals surface area contributed by atoms with E-state index < -0.39 is 30.3 Å². The fourth-order valence-corrected chi connectivity index (χ4v) is 2.73. The van der Waals surface area contributed by atoms with Gasteiger partial charge in [-0.1, -0.05) is 11.6 Å². The number of benzene rings is 1. The van der Waals surface area contributed by atoms with E-state index in [9.17, 15) is 18.8 Å². The van der Waals surface area contributed by atoms with Crippen LogP contribution >= 0.6 is 11.6 Å². The summed E-state index contributed by atoms with van der Waals surface area (Å²) < 4.78 is 23.2. The number of H-pyrrole nitrogens is 1. The van der Waals surface area contributed by atoms with E-state index in [1.54, 1.807) is 27.7 Å². The minimum absolute atomic E-state index is 0.0174. The third kappa shape index (κ3) is 5.10. The first kappa shape index (κ1) is 21.4. The highest BCUT2D eigenvalue weighted by Gasteiger charge is 2.25. The first-order chi connectivity index (χ1) is 13.1. The van der Waals surface area contributed by atoms with Crippen molar-refractivity contribution in [3.8, 4) is 0 Å². The van der Waals surface area contributed by atoms with E-state index in [1.807, 2.05) is 0 Å². The normalized spacial score (nSPS) is 10.7. The third-order valence-electron chi connectivity index (χ3n) is 3.73. The predicted octanol–water partition coefficient (Wildman–Crippen LogP) is 3.78. The molecule has 0 unspecified atom stereocenters. The number of aromatic nitrogens is 1. The molecule has 0 saturated heterocycles. The van der Waals surface area contributed by atoms with E-state index in [2.05, 4.69) is 10.3 Å². The van der Waals surface area contributed by atoms with Gasteiger partial charge in [0.15, 0.2) is 6.61 Å². The zero-order valence-corrected chi connectivity index (χ0v) is 16.6.